The van der Waals surface area contributed by atoms with Gasteiger partial charge in [-0.05, 0) is 86.4 Å². The molecule has 0 heterocycles. The summed E-state index contributed by atoms with van der Waals surface area (Å²) in [7, 11) is 0. The third-order valence-corrected chi connectivity index (χ3v) is 10.3. The van der Waals surface area contributed by atoms with Crippen molar-refractivity contribution in [1.82, 2.24) is 0 Å². The number of rotatable bonds is 5. The molecule has 3 nitrogen and oxygen atoms in total. The van der Waals surface area contributed by atoms with Crippen LogP contribution in [0.1, 0.15) is 79.6 Å². The van der Waals surface area contributed by atoms with E-state index in [1.54, 1.807) is 12.5 Å². The average molecular weight is 429 g/mol. The van der Waals surface area contributed by atoms with E-state index < -0.39 is 5.60 Å². The van der Waals surface area contributed by atoms with Crippen molar-refractivity contribution in [1.29, 1.82) is 0 Å². The first-order valence-corrected chi connectivity index (χ1v) is 12.6. The second-order valence-electron chi connectivity index (χ2n) is 12.1. The summed E-state index contributed by atoms with van der Waals surface area (Å²) in [5.74, 6) is 2.40. The SMILES string of the molecule is C[C@H](/C=C/[C@@H](C)C(C)(O)CO)[C@H]1CC[C@H]2C3=CC=C4C[C@@H](O)CC[C@@]4(C)[C@@H]3CC[C@]12C. The summed E-state index contributed by atoms with van der Waals surface area (Å²) < 4.78 is 0. The van der Waals surface area contributed by atoms with Crippen LogP contribution in [0.2, 0.25) is 0 Å². The van der Waals surface area contributed by atoms with Crippen LogP contribution in [-0.4, -0.2) is 33.6 Å². The van der Waals surface area contributed by atoms with Gasteiger partial charge in [-0.1, -0.05) is 63.1 Å². The molecule has 0 radical (unpaired) electrons. The van der Waals surface area contributed by atoms with Crippen LogP contribution in [0.15, 0.2) is 35.5 Å². The molecular weight excluding hydrogens is 384 g/mol. The van der Waals surface area contributed by atoms with E-state index in [1.807, 2.05) is 6.92 Å². The highest BCUT2D eigenvalue weighted by Gasteiger charge is 2.56. The smallest absolute Gasteiger partial charge is 0.0908 e. The predicted octanol–water partition coefficient (Wildman–Crippen LogP) is 5.42. The minimum Gasteiger partial charge on any atom is -0.393 e. The molecule has 3 heteroatoms. The summed E-state index contributed by atoms with van der Waals surface area (Å²) >= 11 is 0. The molecule has 4 aliphatic rings. The van der Waals surface area contributed by atoms with Crippen LogP contribution >= 0.6 is 0 Å². The summed E-state index contributed by atoms with van der Waals surface area (Å²) in [4.78, 5) is 0. The third-order valence-electron chi connectivity index (χ3n) is 10.3. The lowest BCUT2D eigenvalue weighted by Gasteiger charge is -2.55. The summed E-state index contributed by atoms with van der Waals surface area (Å²) in [5.41, 5.74) is 2.71. The van der Waals surface area contributed by atoms with E-state index in [4.69, 9.17) is 0 Å². The van der Waals surface area contributed by atoms with Crippen molar-refractivity contribution in [3.63, 3.8) is 0 Å². The van der Waals surface area contributed by atoms with Gasteiger partial charge in [-0.25, -0.2) is 0 Å². The Morgan fingerprint density at radius 1 is 1.06 bits per heavy atom. The molecule has 0 aromatic rings. The number of hydrogen-bond donors (Lipinski definition) is 3. The molecule has 0 amide bonds. The van der Waals surface area contributed by atoms with Gasteiger partial charge in [-0.3, -0.25) is 0 Å². The Hall–Kier alpha value is -0.900. The van der Waals surface area contributed by atoms with Crippen LogP contribution in [-0.2, 0) is 0 Å². The number of aliphatic hydroxyl groups is 3. The average Bonchev–Trinajstić information content (AvgIpc) is 3.09. The number of allylic oxidation sites excluding steroid dienone is 4. The molecule has 174 valence electrons. The Bertz CT molecular complexity index is 777. The summed E-state index contributed by atoms with van der Waals surface area (Å²) in [6.07, 6.45) is 17.1. The first-order valence-electron chi connectivity index (χ1n) is 12.6. The van der Waals surface area contributed by atoms with Crippen molar-refractivity contribution in [3.8, 4) is 0 Å². The van der Waals surface area contributed by atoms with Gasteiger partial charge in [0.15, 0.2) is 0 Å². The topological polar surface area (TPSA) is 60.7 Å². The van der Waals surface area contributed by atoms with E-state index >= 15 is 0 Å². The Labute approximate surface area is 189 Å². The quantitative estimate of drug-likeness (QED) is 0.513. The van der Waals surface area contributed by atoms with Crippen LogP contribution in [0.3, 0.4) is 0 Å². The summed E-state index contributed by atoms with van der Waals surface area (Å²) in [6, 6.07) is 0. The van der Waals surface area contributed by atoms with Gasteiger partial charge in [-0.2, -0.15) is 0 Å². The van der Waals surface area contributed by atoms with Crippen molar-refractivity contribution in [2.24, 2.45) is 40.4 Å². The molecular formula is C28H44O3. The van der Waals surface area contributed by atoms with Crippen molar-refractivity contribution in [2.45, 2.75) is 91.3 Å². The van der Waals surface area contributed by atoms with Crippen LogP contribution in [0.25, 0.3) is 0 Å². The van der Waals surface area contributed by atoms with Crippen LogP contribution in [0.5, 0.6) is 0 Å². The highest BCUT2D eigenvalue weighted by molar-refractivity contribution is 5.39. The highest BCUT2D eigenvalue weighted by atomic mass is 16.3. The zero-order chi connectivity index (χ0) is 22.6. The number of fused-ring (bicyclic) bond motifs is 5. The largest absolute Gasteiger partial charge is 0.393 e. The van der Waals surface area contributed by atoms with Gasteiger partial charge in [-0.15, -0.1) is 0 Å². The maximum absolute atomic E-state index is 10.3. The maximum Gasteiger partial charge on any atom is 0.0908 e. The molecule has 4 rings (SSSR count). The molecule has 0 saturated heterocycles. The number of aliphatic hydroxyl groups excluding tert-OH is 2. The van der Waals surface area contributed by atoms with E-state index in [9.17, 15) is 15.3 Å². The van der Waals surface area contributed by atoms with Gasteiger partial charge < -0.3 is 15.3 Å². The first-order chi connectivity index (χ1) is 14.5. The molecule has 3 saturated carbocycles. The molecule has 3 N–H and O–H groups in total. The standard InChI is InChI=1S/C28H44O3/c1-18(6-7-19(2)28(5,31)17-29)23-10-11-24-22-9-8-20-16-21(30)12-14-26(20,3)25(22)13-15-27(23,24)4/h6-9,18-19,21,23-25,29-31H,10-17H2,1-5H3/b7-6+/t18-,19-,21+,23-,24+,25-,26-,27-,28?/m1/s1. The van der Waals surface area contributed by atoms with Gasteiger partial charge in [0.2, 0.25) is 0 Å². The van der Waals surface area contributed by atoms with Gasteiger partial charge in [0.25, 0.3) is 0 Å². The molecule has 9 atom stereocenters. The van der Waals surface area contributed by atoms with Crippen LogP contribution in [0.4, 0.5) is 0 Å². The lowest BCUT2D eigenvalue weighted by atomic mass is 9.50. The zero-order valence-electron chi connectivity index (χ0n) is 20.3. The fourth-order valence-corrected chi connectivity index (χ4v) is 7.71. The van der Waals surface area contributed by atoms with Crippen molar-refractivity contribution >= 4 is 0 Å². The van der Waals surface area contributed by atoms with Gasteiger partial charge >= 0.3 is 0 Å². The molecule has 3 fully saturated rings. The molecule has 0 spiro atoms. The first kappa shape index (κ1) is 23.3. The fraction of sp³-hybridized carbons (Fsp3) is 0.786. The van der Waals surface area contributed by atoms with E-state index in [0.717, 1.165) is 19.3 Å². The normalized spacial score (nSPS) is 43.9. The summed E-state index contributed by atoms with van der Waals surface area (Å²) in [5, 5.41) is 30.0. The monoisotopic (exact) mass is 428 g/mol. The van der Waals surface area contributed by atoms with Crippen molar-refractivity contribution in [3.05, 3.63) is 35.5 Å². The second kappa shape index (κ2) is 8.15. The maximum atomic E-state index is 10.3. The third kappa shape index (κ3) is 3.79. The Morgan fingerprint density at radius 2 is 1.81 bits per heavy atom. The predicted molar refractivity (Wildman–Crippen MR) is 126 cm³/mol. The minimum absolute atomic E-state index is 0.0631. The van der Waals surface area contributed by atoms with Crippen LogP contribution in [0, 0.1) is 40.4 Å². The van der Waals surface area contributed by atoms with Crippen LogP contribution < -0.4 is 0 Å². The van der Waals surface area contributed by atoms with E-state index in [2.05, 4.69) is 45.1 Å². The summed E-state index contributed by atoms with van der Waals surface area (Å²) in [6.45, 7) is 10.8. The van der Waals surface area contributed by atoms with E-state index in [0.29, 0.717) is 29.1 Å². The van der Waals surface area contributed by atoms with Gasteiger partial charge in [0.05, 0.1) is 18.3 Å². The highest BCUT2D eigenvalue weighted by Crippen LogP contribution is 2.66. The lowest BCUT2D eigenvalue weighted by molar-refractivity contribution is -0.0266. The van der Waals surface area contributed by atoms with Crippen molar-refractivity contribution < 1.29 is 15.3 Å². The van der Waals surface area contributed by atoms with Crippen molar-refractivity contribution in [2.75, 3.05) is 6.61 Å². The lowest BCUT2D eigenvalue weighted by Crippen LogP contribution is -2.46. The molecule has 1 unspecified atom stereocenters. The van der Waals surface area contributed by atoms with Gasteiger partial charge in [0, 0.05) is 5.92 Å². The second-order valence-corrected chi connectivity index (χ2v) is 12.1. The zero-order valence-corrected chi connectivity index (χ0v) is 20.3. The minimum atomic E-state index is -1.06. The fourth-order valence-electron chi connectivity index (χ4n) is 7.71. The Morgan fingerprint density at radius 3 is 2.52 bits per heavy atom. The van der Waals surface area contributed by atoms with Gasteiger partial charge in [0.1, 0.15) is 0 Å². The number of hydrogen-bond acceptors (Lipinski definition) is 3. The molecule has 0 aliphatic heterocycles. The Kier molecular flexibility index (Phi) is 6.12. The Balaban J connectivity index is 1.54. The molecule has 4 aliphatic carbocycles. The van der Waals surface area contributed by atoms with E-state index in [-0.39, 0.29) is 24.0 Å². The molecule has 0 aromatic carbocycles. The molecule has 0 bridgehead atoms. The molecule has 0 aromatic heterocycles. The molecule has 31 heavy (non-hydrogen) atoms. The van der Waals surface area contributed by atoms with E-state index in [1.165, 1.54) is 31.3 Å².